The predicted molar refractivity (Wildman–Crippen MR) is 186 cm³/mol. The van der Waals surface area contributed by atoms with Gasteiger partial charge in [-0.15, -0.1) is 6.58 Å². The van der Waals surface area contributed by atoms with Crippen LogP contribution in [-0.2, 0) is 25.6 Å². The second-order valence-corrected chi connectivity index (χ2v) is 11.1. The van der Waals surface area contributed by atoms with Crippen molar-refractivity contribution in [3.63, 3.8) is 0 Å². The first-order valence-corrected chi connectivity index (χ1v) is 15.5. The van der Waals surface area contributed by atoms with Crippen molar-refractivity contribution in [2.45, 2.75) is 31.5 Å². The Bertz CT molecular complexity index is 1910. The summed E-state index contributed by atoms with van der Waals surface area (Å²) in [5, 5.41) is 21.0. The molecular weight excluding hydrogens is 622 g/mol. The van der Waals surface area contributed by atoms with Gasteiger partial charge in [-0.3, -0.25) is 19.2 Å². The smallest absolute Gasteiger partial charge is 0.254 e. The van der Waals surface area contributed by atoms with Crippen molar-refractivity contribution in [2.75, 3.05) is 10.6 Å². The van der Waals surface area contributed by atoms with E-state index in [1.807, 2.05) is 30.3 Å². The molecule has 0 aliphatic heterocycles. The van der Waals surface area contributed by atoms with Crippen LogP contribution in [0.25, 0.3) is 22.8 Å². The minimum atomic E-state index is -1.39. The molecule has 11 nitrogen and oxygen atoms in total. The molecule has 0 bridgehead atoms. The molecule has 248 valence electrons. The van der Waals surface area contributed by atoms with Crippen LogP contribution < -0.4 is 21.3 Å². The third-order valence-corrected chi connectivity index (χ3v) is 7.50. The van der Waals surface area contributed by atoms with E-state index in [2.05, 4.69) is 32.8 Å². The van der Waals surface area contributed by atoms with Gasteiger partial charge < -0.3 is 30.8 Å². The zero-order valence-corrected chi connectivity index (χ0v) is 26.6. The summed E-state index contributed by atoms with van der Waals surface area (Å²) >= 11 is 0. The molecule has 5 rings (SSSR count). The second-order valence-electron chi connectivity index (χ2n) is 11.1. The average molecular weight is 658 g/mol. The Labute approximate surface area is 283 Å². The highest BCUT2D eigenvalue weighted by Crippen LogP contribution is 2.28. The number of aliphatic hydroxyl groups excluding tert-OH is 1. The summed E-state index contributed by atoms with van der Waals surface area (Å²) in [6.07, 6.45) is 1.73. The molecule has 49 heavy (non-hydrogen) atoms. The number of carbonyl (C=O) groups excluding carboxylic acids is 4. The van der Waals surface area contributed by atoms with E-state index in [1.54, 1.807) is 85.1 Å². The molecule has 0 radical (unpaired) electrons. The lowest BCUT2D eigenvalue weighted by molar-refractivity contribution is -0.132. The Balaban J connectivity index is 1.12. The Morgan fingerprint density at radius 3 is 1.94 bits per heavy atom. The van der Waals surface area contributed by atoms with E-state index in [9.17, 15) is 24.3 Å². The lowest BCUT2D eigenvalue weighted by atomic mass is 10.1. The van der Waals surface area contributed by atoms with E-state index in [4.69, 9.17) is 4.42 Å². The van der Waals surface area contributed by atoms with E-state index in [-0.39, 0.29) is 12.3 Å². The molecule has 0 saturated carbocycles. The van der Waals surface area contributed by atoms with Gasteiger partial charge in [0, 0.05) is 22.5 Å². The van der Waals surface area contributed by atoms with Crippen LogP contribution >= 0.6 is 0 Å². The number of nitrogens with one attached hydrogen (secondary N) is 4. The largest absolute Gasteiger partial charge is 0.436 e. The van der Waals surface area contributed by atoms with Gasteiger partial charge in [0.1, 0.15) is 12.1 Å². The zero-order valence-electron chi connectivity index (χ0n) is 26.6. The fraction of sp³-hybridized carbons (Fsp3) is 0.132. The first-order valence-electron chi connectivity index (χ1n) is 15.5. The van der Waals surface area contributed by atoms with Crippen LogP contribution in [0, 0.1) is 0 Å². The van der Waals surface area contributed by atoms with Crippen LogP contribution in [-0.4, -0.2) is 45.8 Å². The number of amides is 4. The number of carbonyl (C=O) groups is 4. The van der Waals surface area contributed by atoms with Crippen LogP contribution in [0.5, 0.6) is 0 Å². The van der Waals surface area contributed by atoms with Crippen LogP contribution in [0.2, 0.25) is 0 Å². The standard InChI is InChI=1S/C38H35N5O6/c1-3-31(43-33(44)22-25-10-6-4-7-11-25)36(47)42-30-18-14-26(15-19-30)32-23-39-38(49-32)28-16-20-29(21-17-28)41-35(46)24(2)40-37(48)34(45)27-12-8-5-9-13-27/h3-21,23-24,31,34,45H,1,22H2,2H3,(H,40,48)(H,41,46)(H,42,47)(H,43,44)/t24-,31-,34-/m0/s1. The molecule has 0 saturated heterocycles. The van der Waals surface area contributed by atoms with Gasteiger partial charge in [0.15, 0.2) is 11.9 Å². The van der Waals surface area contributed by atoms with Crippen molar-refractivity contribution >= 4 is 35.0 Å². The van der Waals surface area contributed by atoms with Crippen LogP contribution in [0.15, 0.2) is 132 Å². The number of anilines is 2. The monoisotopic (exact) mass is 657 g/mol. The number of oxazole rings is 1. The van der Waals surface area contributed by atoms with Crippen LogP contribution in [0.1, 0.15) is 24.2 Å². The highest BCUT2D eigenvalue weighted by atomic mass is 16.4. The molecule has 5 N–H and O–H groups in total. The summed E-state index contributed by atoms with van der Waals surface area (Å²) in [5.74, 6) is -0.979. The van der Waals surface area contributed by atoms with Gasteiger partial charge in [-0.05, 0) is 66.6 Å². The molecule has 0 aliphatic rings. The van der Waals surface area contributed by atoms with Crippen molar-refractivity contribution in [2.24, 2.45) is 0 Å². The summed E-state index contributed by atoms with van der Waals surface area (Å²) in [5.41, 5.74) is 3.69. The molecule has 1 heterocycles. The van der Waals surface area contributed by atoms with E-state index in [1.165, 1.54) is 13.0 Å². The van der Waals surface area contributed by atoms with Gasteiger partial charge in [0.05, 0.1) is 12.6 Å². The molecule has 5 aromatic rings. The number of nitrogens with zero attached hydrogens (tertiary/aromatic N) is 1. The lowest BCUT2D eigenvalue weighted by Crippen LogP contribution is -2.43. The van der Waals surface area contributed by atoms with E-state index in [0.717, 1.165) is 11.1 Å². The fourth-order valence-electron chi connectivity index (χ4n) is 4.81. The molecule has 0 unspecified atom stereocenters. The van der Waals surface area contributed by atoms with Crippen molar-refractivity contribution in [3.05, 3.63) is 139 Å². The molecule has 11 heteroatoms. The summed E-state index contributed by atoms with van der Waals surface area (Å²) < 4.78 is 5.97. The first-order chi connectivity index (χ1) is 23.7. The van der Waals surface area contributed by atoms with Gasteiger partial charge >= 0.3 is 0 Å². The summed E-state index contributed by atoms with van der Waals surface area (Å²) in [7, 11) is 0. The zero-order chi connectivity index (χ0) is 34.8. The Kier molecular flexibility index (Phi) is 11.1. The Hall–Kier alpha value is -6.33. The minimum Gasteiger partial charge on any atom is -0.436 e. The second kappa shape index (κ2) is 16.0. The number of aromatic nitrogens is 1. The summed E-state index contributed by atoms with van der Waals surface area (Å²) in [6, 6.07) is 29.7. The minimum absolute atomic E-state index is 0.148. The molecule has 1 aromatic heterocycles. The maximum absolute atomic E-state index is 12.8. The number of aliphatic hydroxyl groups is 1. The van der Waals surface area contributed by atoms with Crippen molar-refractivity contribution in [1.82, 2.24) is 15.6 Å². The van der Waals surface area contributed by atoms with Crippen molar-refractivity contribution in [3.8, 4) is 22.8 Å². The lowest BCUT2D eigenvalue weighted by Gasteiger charge is -2.17. The van der Waals surface area contributed by atoms with Crippen molar-refractivity contribution in [1.29, 1.82) is 0 Å². The molecule has 0 aliphatic carbocycles. The van der Waals surface area contributed by atoms with Gasteiger partial charge in [-0.2, -0.15) is 0 Å². The number of benzene rings is 4. The summed E-state index contributed by atoms with van der Waals surface area (Å²) in [4.78, 5) is 54.7. The average Bonchev–Trinajstić information content (AvgIpc) is 3.62. The van der Waals surface area contributed by atoms with Gasteiger partial charge in [0.2, 0.25) is 17.7 Å². The Morgan fingerprint density at radius 2 is 1.33 bits per heavy atom. The molecule has 3 atom stereocenters. The quantitative estimate of drug-likeness (QED) is 0.111. The number of hydrogen-bond acceptors (Lipinski definition) is 7. The van der Waals surface area contributed by atoms with Gasteiger partial charge in [-0.1, -0.05) is 66.7 Å². The molecule has 0 fully saturated rings. The molecule has 4 aromatic carbocycles. The van der Waals surface area contributed by atoms with Crippen molar-refractivity contribution < 1.29 is 28.7 Å². The third kappa shape index (κ3) is 9.15. The fourth-order valence-corrected chi connectivity index (χ4v) is 4.81. The van der Waals surface area contributed by atoms with Crippen LogP contribution in [0.4, 0.5) is 11.4 Å². The molecular formula is C38H35N5O6. The molecule has 4 amide bonds. The topological polar surface area (TPSA) is 163 Å². The van der Waals surface area contributed by atoms with E-state index < -0.39 is 35.9 Å². The highest BCUT2D eigenvalue weighted by Gasteiger charge is 2.22. The summed E-state index contributed by atoms with van der Waals surface area (Å²) in [6.45, 7) is 5.21. The first kappa shape index (κ1) is 34.0. The number of hydrogen-bond donors (Lipinski definition) is 5. The predicted octanol–water partition coefficient (Wildman–Crippen LogP) is 5.04. The number of rotatable bonds is 13. The SMILES string of the molecule is C=C[C@H](NC(=O)Cc1ccccc1)C(=O)Nc1ccc(-c2cnc(-c3ccc(NC(=O)[C@H](C)NC(=O)[C@@H](O)c4ccccc4)cc3)o2)cc1. The normalized spacial score (nSPS) is 12.5. The third-order valence-electron chi connectivity index (χ3n) is 7.50. The molecule has 0 spiro atoms. The van der Waals surface area contributed by atoms with Gasteiger partial charge in [0.25, 0.3) is 11.8 Å². The van der Waals surface area contributed by atoms with Crippen LogP contribution in [0.3, 0.4) is 0 Å². The maximum Gasteiger partial charge on any atom is 0.254 e. The van der Waals surface area contributed by atoms with E-state index in [0.29, 0.717) is 34.2 Å². The van der Waals surface area contributed by atoms with Gasteiger partial charge in [-0.25, -0.2) is 4.98 Å². The van der Waals surface area contributed by atoms with E-state index >= 15 is 0 Å². The maximum atomic E-state index is 12.8. The Morgan fingerprint density at radius 1 is 0.755 bits per heavy atom. The highest BCUT2D eigenvalue weighted by molar-refractivity contribution is 5.99.